The summed E-state index contributed by atoms with van der Waals surface area (Å²) in [6.45, 7) is 0. The molecule has 0 bridgehead atoms. The van der Waals surface area contributed by atoms with Gasteiger partial charge in [0, 0.05) is 5.69 Å². The smallest absolute Gasteiger partial charge is 0.169 e. The topological polar surface area (TPSA) is 51.6 Å². The Morgan fingerprint density at radius 2 is 1.21 bits per heavy atom. The summed E-state index contributed by atoms with van der Waals surface area (Å²) in [5.74, 6) is 0. The molecule has 28 heavy (non-hydrogen) atoms. The van der Waals surface area contributed by atoms with Gasteiger partial charge in [0.05, 0.1) is 11.0 Å². The Morgan fingerprint density at radius 1 is 0.643 bits per heavy atom. The number of hydrogen-bond donors (Lipinski definition) is 2. The van der Waals surface area contributed by atoms with Crippen LogP contribution in [0.25, 0.3) is 11.1 Å². The summed E-state index contributed by atoms with van der Waals surface area (Å²) in [7, 11) is 0. The van der Waals surface area contributed by atoms with Crippen molar-refractivity contribution in [3.8, 4) is 11.1 Å². The quantitative estimate of drug-likeness (QED) is 0.373. The van der Waals surface area contributed by atoms with Crippen molar-refractivity contribution < 1.29 is 5.41 Å². The van der Waals surface area contributed by atoms with Crippen LogP contribution in [0.5, 0.6) is 0 Å². The molecule has 0 fully saturated rings. The molecule has 0 saturated heterocycles. The molecule has 4 aromatic carbocycles. The molecular formula is C26H21N2+. The minimum absolute atomic E-state index is 0.403. The molecule has 134 valence electrons. The first-order valence-electron chi connectivity index (χ1n) is 9.46. The summed E-state index contributed by atoms with van der Waals surface area (Å²) in [6.07, 6.45) is 1.59. The first-order chi connectivity index (χ1) is 13.8. The van der Waals surface area contributed by atoms with E-state index in [2.05, 4.69) is 91.0 Å². The van der Waals surface area contributed by atoms with Crippen LogP contribution in [-0.4, -0.2) is 6.21 Å². The monoisotopic (exact) mass is 361 g/mol. The van der Waals surface area contributed by atoms with Gasteiger partial charge in [-0.15, -0.1) is 0 Å². The molecule has 4 N–H and O–H groups in total. The molecule has 5 rings (SSSR count). The van der Waals surface area contributed by atoms with Gasteiger partial charge in [-0.1, -0.05) is 84.9 Å². The average molecular weight is 361 g/mol. The highest BCUT2D eigenvalue weighted by atomic mass is 14.6. The van der Waals surface area contributed by atoms with Crippen molar-refractivity contribution in [2.24, 2.45) is 0 Å². The van der Waals surface area contributed by atoms with E-state index in [1.165, 1.54) is 33.4 Å². The van der Waals surface area contributed by atoms with Gasteiger partial charge < -0.3 is 5.73 Å². The van der Waals surface area contributed by atoms with Crippen LogP contribution in [0.1, 0.15) is 27.8 Å². The van der Waals surface area contributed by atoms with Crippen molar-refractivity contribution in [1.82, 2.24) is 0 Å². The molecule has 0 amide bonds. The van der Waals surface area contributed by atoms with Crippen LogP contribution >= 0.6 is 0 Å². The normalized spacial score (nSPS) is 13.6. The second kappa shape index (κ2) is 6.21. The Balaban J connectivity index is 1.96. The number of nitrogen functional groups attached to an aromatic ring is 1. The third-order valence-electron chi connectivity index (χ3n) is 5.86. The van der Waals surface area contributed by atoms with Crippen molar-refractivity contribution in [3.63, 3.8) is 0 Å². The van der Waals surface area contributed by atoms with Crippen molar-refractivity contribution in [2.45, 2.75) is 5.41 Å². The lowest BCUT2D eigenvalue weighted by Gasteiger charge is -2.34. The van der Waals surface area contributed by atoms with E-state index in [9.17, 15) is 0 Å². The second-order valence-electron chi connectivity index (χ2n) is 7.22. The van der Waals surface area contributed by atoms with Gasteiger partial charge in [0.25, 0.3) is 0 Å². The van der Waals surface area contributed by atoms with Gasteiger partial charge in [-0.2, -0.15) is 0 Å². The molecule has 0 saturated carbocycles. The molecule has 0 aliphatic heterocycles. The van der Waals surface area contributed by atoms with Gasteiger partial charge in [0.1, 0.15) is 0 Å². The van der Waals surface area contributed by atoms with Crippen molar-refractivity contribution in [1.29, 1.82) is 0 Å². The van der Waals surface area contributed by atoms with Gasteiger partial charge in [-0.25, -0.2) is 0 Å². The highest BCUT2D eigenvalue weighted by Gasteiger charge is 2.45. The van der Waals surface area contributed by atoms with Crippen LogP contribution < -0.4 is 11.1 Å². The first kappa shape index (κ1) is 16.5. The zero-order chi connectivity index (χ0) is 19.1. The number of fused-ring (bicyclic) bond motifs is 3. The predicted octanol–water partition coefficient (Wildman–Crippen LogP) is 3.81. The fourth-order valence-corrected chi connectivity index (χ4v) is 4.66. The van der Waals surface area contributed by atoms with Gasteiger partial charge in [0.2, 0.25) is 0 Å². The summed E-state index contributed by atoms with van der Waals surface area (Å²) in [5.41, 5.74) is 14.8. The molecule has 2 heteroatoms. The molecule has 0 heterocycles. The Labute approximate surface area is 164 Å². The van der Waals surface area contributed by atoms with Crippen LogP contribution in [0.3, 0.4) is 0 Å². The van der Waals surface area contributed by atoms with Crippen molar-refractivity contribution in [3.05, 3.63) is 125 Å². The minimum Gasteiger partial charge on any atom is -0.398 e. The van der Waals surface area contributed by atoms with Gasteiger partial charge in [-0.05, 0) is 45.5 Å². The maximum absolute atomic E-state index is 6.16. The van der Waals surface area contributed by atoms with Crippen LogP contribution in [0.4, 0.5) is 5.69 Å². The lowest BCUT2D eigenvalue weighted by molar-refractivity contribution is -0.104. The molecule has 0 aromatic heterocycles. The molecule has 0 spiro atoms. The Kier molecular flexibility index (Phi) is 3.66. The molecule has 0 unspecified atom stereocenters. The van der Waals surface area contributed by atoms with Crippen LogP contribution in [-0.2, 0) is 5.41 Å². The third kappa shape index (κ3) is 2.12. The minimum atomic E-state index is -0.403. The lowest BCUT2D eigenvalue weighted by Crippen LogP contribution is -2.32. The summed E-state index contributed by atoms with van der Waals surface area (Å²) < 4.78 is 0. The maximum Gasteiger partial charge on any atom is 0.169 e. The SMILES string of the molecule is Nc1ccc(C2(c3ccccc3)c3ccccc3-c3ccccc32)cc1C=[NH2+]. The van der Waals surface area contributed by atoms with E-state index in [4.69, 9.17) is 11.1 Å². The van der Waals surface area contributed by atoms with E-state index < -0.39 is 5.41 Å². The highest BCUT2D eigenvalue weighted by Crippen LogP contribution is 2.55. The van der Waals surface area contributed by atoms with Crippen LogP contribution in [0, 0.1) is 0 Å². The summed E-state index contributed by atoms with van der Waals surface area (Å²) in [6, 6.07) is 34.3. The number of nitrogens with two attached hydrogens (primary N) is 2. The molecule has 0 atom stereocenters. The van der Waals surface area contributed by atoms with Crippen molar-refractivity contribution >= 4 is 11.9 Å². The standard InChI is InChI=1S/C26H20N2/c27-17-18-16-20(14-15-25(18)28)26(19-8-2-1-3-9-19)23-12-6-4-10-21(23)22-11-5-7-13-24(22)26/h1-17,27H,28H2/p+1. The fraction of sp³-hybridized carbons (Fsp3) is 0.0385. The summed E-state index contributed by atoms with van der Waals surface area (Å²) >= 11 is 0. The first-order valence-corrected chi connectivity index (χ1v) is 9.46. The molecule has 4 aromatic rings. The summed E-state index contributed by atoms with van der Waals surface area (Å²) in [5, 5.41) is 5.88. The van der Waals surface area contributed by atoms with E-state index >= 15 is 0 Å². The maximum atomic E-state index is 6.16. The number of hydrogen-bond acceptors (Lipinski definition) is 1. The Hall–Kier alpha value is -3.65. The average Bonchev–Trinajstić information content (AvgIpc) is 3.06. The molecular weight excluding hydrogens is 340 g/mol. The number of anilines is 1. The largest absolute Gasteiger partial charge is 0.398 e. The third-order valence-corrected chi connectivity index (χ3v) is 5.86. The predicted molar refractivity (Wildman–Crippen MR) is 115 cm³/mol. The highest BCUT2D eigenvalue weighted by molar-refractivity contribution is 5.88. The van der Waals surface area contributed by atoms with Crippen molar-refractivity contribution in [2.75, 3.05) is 5.73 Å². The Bertz CT molecular complexity index is 1150. The van der Waals surface area contributed by atoms with Crippen LogP contribution in [0.2, 0.25) is 0 Å². The zero-order valence-electron chi connectivity index (χ0n) is 15.5. The summed E-state index contributed by atoms with van der Waals surface area (Å²) in [4.78, 5) is 0. The zero-order valence-corrected chi connectivity index (χ0v) is 15.5. The molecule has 1 aliphatic carbocycles. The van der Waals surface area contributed by atoms with E-state index in [-0.39, 0.29) is 0 Å². The van der Waals surface area contributed by atoms with E-state index in [0.717, 1.165) is 5.56 Å². The van der Waals surface area contributed by atoms with E-state index in [1.807, 2.05) is 6.07 Å². The molecule has 1 aliphatic rings. The second-order valence-corrected chi connectivity index (χ2v) is 7.22. The molecule has 0 radical (unpaired) electrons. The lowest BCUT2D eigenvalue weighted by atomic mass is 9.67. The Morgan fingerprint density at radius 3 is 1.82 bits per heavy atom. The number of benzene rings is 4. The van der Waals surface area contributed by atoms with E-state index in [1.54, 1.807) is 6.21 Å². The fourth-order valence-electron chi connectivity index (χ4n) is 4.66. The van der Waals surface area contributed by atoms with Gasteiger partial charge >= 0.3 is 0 Å². The van der Waals surface area contributed by atoms with E-state index in [0.29, 0.717) is 5.69 Å². The van der Waals surface area contributed by atoms with Crippen LogP contribution in [0.15, 0.2) is 97.1 Å². The molecule has 2 nitrogen and oxygen atoms in total. The van der Waals surface area contributed by atoms with Gasteiger partial charge in [-0.3, -0.25) is 5.41 Å². The number of rotatable bonds is 3. The van der Waals surface area contributed by atoms with Gasteiger partial charge in [0.15, 0.2) is 6.21 Å².